The number of benzene rings is 3. The Labute approximate surface area is 227 Å². The summed E-state index contributed by atoms with van der Waals surface area (Å²) in [6.45, 7) is 3.02. The number of carbonyl (C=O) groups is 1. The SMILES string of the molecule is CCCCCCCCCCCCNC(=O)c1ccc(CCc2ccccc2-c2ccccc2)c(Br)c1. The van der Waals surface area contributed by atoms with Crippen LogP contribution >= 0.6 is 15.9 Å². The van der Waals surface area contributed by atoms with Crippen LogP contribution in [0.2, 0.25) is 0 Å². The molecular weight excluding hydrogens is 506 g/mol. The molecule has 0 atom stereocenters. The number of amides is 1. The fraction of sp³-hybridized carbons (Fsp3) is 0.424. The van der Waals surface area contributed by atoms with Gasteiger partial charge in [-0.05, 0) is 53.6 Å². The van der Waals surface area contributed by atoms with E-state index in [4.69, 9.17) is 0 Å². The Hall–Kier alpha value is -2.39. The summed E-state index contributed by atoms with van der Waals surface area (Å²) in [5.41, 5.74) is 5.83. The maximum absolute atomic E-state index is 12.6. The lowest BCUT2D eigenvalue weighted by molar-refractivity contribution is 0.0953. The molecule has 0 aliphatic rings. The molecule has 0 aromatic heterocycles. The number of halogens is 1. The van der Waals surface area contributed by atoms with Crippen molar-refractivity contribution >= 4 is 21.8 Å². The molecule has 0 saturated carbocycles. The van der Waals surface area contributed by atoms with Crippen molar-refractivity contribution in [2.24, 2.45) is 0 Å². The molecular formula is C33H42BrNO. The standard InChI is InChI=1S/C33H42BrNO/c1-2-3-4-5-6-7-8-9-10-16-25-35-33(36)30-24-23-29(32(34)26-30)22-21-28-19-14-15-20-31(28)27-17-12-11-13-18-27/h11-15,17-20,23-24,26H,2-10,16,21-22,25H2,1H3,(H,35,36). The molecule has 3 aromatic rings. The van der Waals surface area contributed by atoms with Crippen LogP contribution in [0.1, 0.15) is 92.6 Å². The van der Waals surface area contributed by atoms with Crippen molar-refractivity contribution in [3.63, 3.8) is 0 Å². The van der Waals surface area contributed by atoms with Crippen molar-refractivity contribution in [2.45, 2.75) is 84.0 Å². The summed E-state index contributed by atoms with van der Waals surface area (Å²) in [4.78, 5) is 12.6. The molecule has 0 fully saturated rings. The molecule has 3 aromatic carbocycles. The highest BCUT2D eigenvalue weighted by Crippen LogP contribution is 2.26. The zero-order chi connectivity index (χ0) is 25.4. The number of unbranched alkanes of at least 4 members (excludes halogenated alkanes) is 9. The maximum atomic E-state index is 12.6. The van der Waals surface area contributed by atoms with Crippen LogP contribution in [0.3, 0.4) is 0 Å². The third kappa shape index (κ3) is 9.58. The van der Waals surface area contributed by atoms with E-state index in [1.807, 2.05) is 12.1 Å². The first-order valence-corrected chi connectivity index (χ1v) is 14.7. The Morgan fingerprint density at radius 3 is 2.00 bits per heavy atom. The average molecular weight is 549 g/mol. The number of nitrogens with one attached hydrogen (secondary N) is 1. The summed E-state index contributed by atoms with van der Waals surface area (Å²) < 4.78 is 1.01. The number of hydrogen-bond donors (Lipinski definition) is 1. The largest absolute Gasteiger partial charge is 0.352 e. The fourth-order valence-corrected chi connectivity index (χ4v) is 5.29. The molecule has 1 amide bonds. The Morgan fingerprint density at radius 1 is 0.694 bits per heavy atom. The lowest BCUT2D eigenvalue weighted by Crippen LogP contribution is -2.24. The van der Waals surface area contributed by atoms with Crippen LogP contribution in [0, 0.1) is 0 Å². The molecule has 3 rings (SSSR count). The monoisotopic (exact) mass is 547 g/mol. The predicted molar refractivity (Wildman–Crippen MR) is 158 cm³/mol. The van der Waals surface area contributed by atoms with Crippen molar-refractivity contribution in [3.8, 4) is 11.1 Å². The summed E-state index contributed by atoms with van der Waals surface area (Å²) in [5, 5.41) is 3.09. The maximum Gasteiger partial charge on any atom is 0.251 e. The Bertz CT molecular complexity index is 1050. The van der Waals surface area contributed by atoms with Crippen LogP contribution in [0.4, 0.5) is 0 Å². The molecule has 0 spiro atoms. The molecule has 0 saturated heterocycles. The molecule has 0 heterocycles. The molecule has 0 unspecified atom stereocenters. The number of rotatable bonds is 16. The summed E-state index contributed by atoms with van der Waals surface area (Å²) in [6.07, 6.45) is 14.9. The van der Waals surface area contributed by atoms with E-state index in [0.717, 1.165) is 35.8 Å². The number of hydrogen-bond acceptors (Lipinski definition) is 1. The predicted octanol–water partition coefficient (Wildman–Crippen LogP) is 9.55. The quantitative estimate of drug-likeness (QED) is 0.178. The van der Waals surface area contributed by atoms with Crippen LogP contribution in [-0.2, 0) is 12.8 Å². The summed E-state index contributed by atoms with van der Waals surface area (Å²) in [5.74, 6) is 0.0209. The Balaban J connectivity index is 1.39. The van der Waals surface area contributed by atoms with E-state index in [1.165, 1.54) is 80.0 Å². The van der Waals surface area contributed by atoms with Crippen LogP contribution in [-0.4, -0.2) is 12.5 Å². The zero-order valence-electron chi connectivity index (χ0n) is 21.9. The fourth-order valence-electron chi connectivity index (χ4n) is 4.71. The van der Waals surface area contributed by atoms with Crippen LogP contribution in [0.5, 0.6) is 0 Å². The molecule has 2 nitrogen and oxygen atoms in total. The van der Waals surface area contributed by atoms with Gasteiger partial charge in [-0.2, -0.15) is 0 Å². The van der Waals surface area contributed by atoms with Crippen LogP contribution in [0.25, 0.3) is 11.1 Å². The average Bonchev–Trinajstić information content (AvgIpc) is 2.91. The van der Waals surface area contributed by atoms with Gasteiger partial charge in [-0.25, -0.2) is 0 Å². The van der Waals surface area contributed by atoms with Crippen molar-refractivity contribution < 1.29 is 4.79 Å². The summed E-state index contributed by atoms with van der Waals surface area (Å²) >= 11 is 3.71. The Morgan fingerprint density at radius 2 is 1.31 bits per heavy atom. The van der Waals surface area contributed by atoms with Gasteiger partial charge in [-0.3, -0.25) is 4.79 Å². The minimum Gasteiger partial charge on any atom is -0.352 e. The number of aryl methyl sites for hydroxylation is 2. The first-order valence-electron chi connectivity index (χ1n) is 13.9. The summed E-state index contributed by atoms with van der Waals surface area (Å²) in [6, 6.07) is 25.2. The van der Waals surface area contributed by atoms with Gasteiger partial charge in [0.15, 0.2) is 0 Å². The van der Waals surface area contributed by atoms with Crippen molar-refractivity contribution in [1.29, 1.82) is 0 Å². The van der Waals surface area contributed by atoms with Crippen LogP contribution < -0.4 is 5.32 Å². The van der Waals surface area contributed by atoms with Crippen LogP contribution in [0.15, 0.2) is 77.3 Å². The van der Waals surface area contributed by atoms with E-state index in [2.05, 4.69) is 88.8 Å². The van der Waals surface area contributed by atoms with Gasteiger partial charge >= 0.3 is 0 Å². The van der Waals surface area contributed by atoms with E-state index in [0.29, 0.717) is 0 Å². The van der Waals surface area contributed by atoms with Gasteiger partial charge in [-0.1, -0.05) is 141 Å². The molecule has 36 heavy (non-hydrogen) atoms. The van der Waals surface area contributed by atoms with E-state index < -0.39 is 0 Å². The molecule has 0 aliphatic carbocycles. The second kappa shape index (κ2) is 16.4. The van der Waals surface area contributed by atoms with Crippen molar-refractivity contribution in [2.75, 3.05) is 6.54 Å². The smallest absolute Gasteiger partial charge is 0.251 e. The molecule has 0 bridgehead atoms. The minimum absolute atomic E-state index is 0.0209. The van der Waals surface area contributed by atoms with Crippen molar-refractivity contribution in [3.05, 3.63) is 94.0 Å². The number of carbonyl (C=O) groups excluding carboxylic acids is 1. The van der Waals surface area contributed by atoms with E-state index in [1.54, 1.807) is 0 Å². The van der Waals surface area contributed by atoms with E-state index in [9.17, 15) is 4.79 Å². The van der Waals surface area contributed by atoms with Gasteiger partial charge in [-0.15, -0.1) is 0 Å². The van der Waals surface area contributed by atoms with Gasteiger partial charge in [0.05, 0.1) is 0 Å². The normalized spacial score (nSPS) is 10.9. The van der Waals surface area contributed by atoms with Gasteiger partial charge in [0, 0.05) is 16.6 Å². The second-order valence-corrected chi connectivity index (χ2v) is 10.6. The minimum atomic E-state index is 0.0209. The third-order valence-electron chi connectivity index (χ3n) is 6.90. The van der Waals surface area contributed by atoms with Crippen molar-refractivity contribution in [1.82, 2.24) is 5.32 Å². The van der Waals surface area contributed by atoms with E-state index in [-0.39, 0.29) is 5.91 Å². The first kappa shape index (κ1) is 28.2. The first-order chi connectivity index (χ1) is 17.7. The van der Waals surface area contributed by atoms with Gasteiger partial charge in [0.25, 0.3) is 5.91 Å². The van der Waals surface area contributed by atoms with Gasteiger partial charge in [0.2, 0.25) is 0 Å². The Kier molecular flexibility index (Phi) is 12.8. The third-order valence-corrected chi connectivity index (χ3v) is 7.64. The molecule has 0 radical (unpaired) electrons. The highest BCUT2D eigenvalue weighted by molar-refractivity contribution is 9.10. The lowest BCUT2D eigenvalue weighted by Gasteiger charge is -2.12. The van der Waals surface area contributed by atoms with Gasteiger partial charge < -0.3 is 5.32 Å². The highest BCUT2D eigenvalue weighted by atomic mass is 79.9. The highest BCUT2D eigenvalue weighted by Gasteiger charge is 2.10. The topological polar surface area (TPSA) is 29.1 Å². The lowest BCUT2D eigenvalue weighted by atomic mass is 9.95. The van der Waals surface area contributed by atoms with E-state index >= 15 is 0 Å². The molecule has 3 heteroatoms. The second-order valence-electron chi connectivity index (χ2n) is 9.77. The molecule has 192 valence electrons. The summed E-state index contributed by atoms with van der Waals surface area (Å²) in [7, 11) is 0. The molecule has 1 N–H and O–H groups in total. The zero-order valence-corrected chi connectivity index (χ0v) is 23.5. The molecule has 0 aliphatic heterocycles. The van der Waals surface area contributed by atoms with Gasteiger partial charge in [0.1, 0.15) is 0 Å².